The summed E-state index contributed by atoms with van der Waals surface area (Å²) in [5.41, 5.74) is 0. The molecule has 0 fully saturated rings. The Balaban J connectivity index is 4.48. The highest BCUT2D eigenvalue weighted by molar-refractivity contribution is 5.69. The van der Waals surface area contributed by atoms with Crippen LogP contribution in [0, 0.1) is 0 Å². The average molecular weight is 971 g/mol. The fourth-order valence-corrected chi connectivity index (χ4v) is 8.35. The third-order valence-electron chi connectivity index (χ3n) is 12.7. The zero-order valence-electron chi connectivity index (χ0n) is 46.1. The van der Waals surface area contributed by atoms with Crippen molar-refractivity contribution in [3.05, 3.63) is 48.6 Å². The molecule has 0 radical (unpaired) electrons. The van der Waals surface area contributed by atoms with E-state index in [2.05, 4.69) is 91.7 Å². The molecule has 0 heterocycles. The fourth-order valence-electron chi connectivity index (χ4n) is 8.35. The van der Waals surface area contributed by atoms with Gasteiger partial charge in [-0.3, -0.25) is 9.59 Å². The summed E-state index contributed by atoms with van der Waals surface area (Å²) in [5, 5.41) is 2.95. The maximum absolute atomic E-state index is 12.9. The van der Waals surface area contributed by atoms with Gasteiger partial charge >= 0.3 is 18.0 Å². The number of rotatable bonds is 51. The molecule has 9 nitrogen and oxygen atoms in total. The molecular formula is C60H111N3O6. The summed E-state index contributed by atoms with van der Waals surface area (Å²) in [7, 11) is 8.25. The first-order valence-corrected chi connectivity index (χ1v) is 28.9. The predicted molar refractivity (Wildman–Crippen MR) is 295 cm³/mol. The van der Waals surface area contributed by atoms with Gasteiger partial charge in [-0.15, -0.1) is 0 Å². The van der Waals surface area contributed by atoms with Crippen LogP contribution in [0.2, 0.25) is 0 Å². The minimum absolute atomic E-state index is 0.0416. The monoisotopic (exact) mass is 970 g/mol. The number of ether oxygens (including phenoxy) is 3. The Morgan fingerprint density at radius 1 is 0.420 bits per heavy atom. The zero-order chi connectivity index (χ0) is 50.5. The van der Waals surface area contributed by atoms with E-state index < -0.39 is 0 Å². The standard InChI is InChI=1S/C60H111N3O6/c1-7-9-11-13-15-17-19-21-23-25-27-29-31-33-41-50-58(64)67-55-43-36-35-38-47-57(69-60(66)61-52-45-54-63(5)6)48-40-37-39-46-56(49-44-53-62(3)4)68-59(65)51-42-34-32-30-28-26-24-22-20-18-16-14-12-10-8-2/h15-18,21-24,56-57H,7-14,19-20,25-55H2,1-6H3,(H,61,66)/b17-15-,18-16-,23-21-,24-22-. The molecule has 0 aliphatic rings. The molecule has 1 amide bonds. The van der Waals surface area contributed by atoms with E-state index in [1.807, 2.05) is 14.1 Å². The van der Waals surface area contributed by atoms with Crippen molar-refractivity contribution in [3.63, 3.8) is 0 Å². The highest BCUT2D eigenvalue weighted by Crippen LogP contribution is 2.20. The van der Waals surface area contributed by atoms with Crippen LogP contribution in [0.5, 0.6) is 0 Å². The summed E-state index contributed by atoms with van der Waals surface area (Å²) >= 11 is 0. The Bertz CT molecular complexity index is 1260. The first-order valence-electron chi connectivity index (χ1n) is 28.9. The molecule has 0 rings (SSSR count). The van der Waals surface area contributed by atoms with E-state index in [1.165, 1.54) is 89.9 Å². The number of nitrogens with one attached hydrogen (secondary N) is 1. The summed E-state index contributed by atoms with van der Waals surface area (Å²) in [6.07, 6.45) is 56.8. The lowest BCUT2D eigenvalue weighted by atomic mass is 10.0. The Labute approximate surface area is 426 Å². The van der Waals surface area contributed by atoms with E-state index >= 15 is 0 Å². The van der Waals surface area contributed by atoms with Crippen molar-refractivity contribution >= 4 is 18.0 Å². The highest BCUT2D eigenvalue weighted by atomic mass is 16.6. The maximum Gasteiger partial charge on any atom is 0.407 e. The van der Waals surface area contributed by atoms with E-state index in [4.69, 9.17) is 14.2 Å². The van der Waals surface area contributed by atoms with Crippen LogP contribution in [-0.2, 0) is 23.8 Å². The first kappa shape index (κ1) is 66.1. The van der Waals surface area contributed by atoms with Crippen LogP contribution in [0.4, 0.5) is 4.79 Å². The molecular weight excluding hydrogens is 859 g/mol. The second kappa shape index (κ2) is 52.9. The van der Waals surface area contributed by atoms with Gasteiger partial charge in [0.2, 0.25) is 0 Å². The van der Waals surface area contributed by atoms with Crippen molar-refractivity contribution in [3.8, 4) is 0 Å². The average Bonchev–Trinajstić information content (AvgIpc) is 3.32. The van der Waals surface area contributed by atoms with Gasteiger partial charge in [0.15, 0.2) is 0 Å². The van der Waals surface area contributed by atoms with Gasteiger partial charge in [-0.2, -0.15) is 0 Å². The smallest absolute Gasteiger partial charge is 0.407 e. The third-order valence-corrected chi connectivity index (χ3v) is 12.7. The van der Waals surface area contributed by atoms with Gasteiger partial charge in [-0.05, 0) is 183 Å². The lowest BCUT2D eigenvalue weighted by molar-refractivity contribution is -0.150. The second-order valence-electron chi connectivity index (χ2n) is 20.2. The molecule has 1 N–H and O–H groups in total. The summed E-state index contributed by atoms with van der Waals surface area (Å²) in [4.78, 5) is 42.3. The van der Waals surface area contributed by atoms with Crippen LogP contribution >= 0.6 is 0 Å². The van der Waals surface area contributed by atoms with Gasteiger partial charge in [0, 0.05) is 19.4 Å². The van der Waals surface area contributed by atoms with Gasteiger partial charge < -0.3 is 29.3 Å². The predicted octanol–water partition coefficient (Wildman–Crippen LogP) is 16.4. The molecule has 402 valence electrons. The summed E-state index contributed by atoms with van der Waals surface area (Å²) in [5.74, 6) is -0.123. The summed E-state index contributed by atoms with van der Waals surface area (Å²) in [6, 6.07) is 0. The van der Waals surface area contributed by atoms with E-state index in [9.17, 15) is 14.4 Å². The van der Waals surface area contributed by atoms with Crippen molar-refractivity contribution in [2.24, 2.45) is 0 Å². The normalized spacial score (nSPS) is 12.9. The van der Waals surface area contributed by atoms with Crippen LogP contribution in [-0.4, -0.2) is 94.5 Å². The molecule has 0 aromatic carbocycles. The number of hydrogen-bond donors (Lipinski definition) is 1. The van der Waals surface area contributed by atoms with Gasteiger partial charge in [-0.25, -0.2) is 4.79 Å². The maximum atomic E-state index is 12.9. The molecule has 0 bridgehead atoms. The van der Waals surface area contributed by atoms with Crippen LogP contribution in [0.1, 0.15) is 251 Å². The van der Waals surface area contributed by atoms with Crippen LogP contribution in [0.25, 0.3) is 0 Å². The van der Waals surface area contributed by atoms with Gasteiger partial charge in [-0.1, -0.05) is 146 Å². The van der Waals surface area contributed by atoms with Crippen molar-refractivity contribution in [2.75, 3.05) is 54.4 Å². The van der Waals surface area contributed by atoms with E-state index in [0.29, 0.717) is 26.0 Å². The van der Waals surface area contributed by atoms with Crippen LogP contribution in [0.3, 0.4) is 0 Å². The Hall–Kier alpha value is -2.91. The summed E-state index contributed by atoms with van der Waals surface area (Å²) in [6.45, 7) is 7.47. The minimum Gasteiger partial charge on any atom is -0.466 e. The lowest BCUT2D eigenvalue weighted by Gasteiger charge is -2.20. The van der Waals surface area contributed by atoms with Gasteiger partial charge in [0.25, 0.3) is 0 Å². The molecule has 0 saturated heterocycles. The third kappa shape index (κ3) is 52.7. The topological polar surface area (TPSA) is 97.4 Å². The van der Waals surface area contributed by atoms with E-state index in [0.717, 1.165) is 148 Å². The van der Waals surface area contributed by atoms with E-state index in [-0.39, 0.29) is 30.2 Å². The fraction of sp³-hybridized carbons (Fsp3) is 0.817. The number of unbranched alkanes of at least 4 members (excludes halogenated alkanes) is 21. The van der Waals surface area contributed by atoms with Gasteiger partial charge in [0.05, 0.1) is 6.61 Å². The van der Waals surface area contributed by atoms with Crippen molar-refractivity contribution in [2.45, 2.75) is 264 Å². The molecule has 9 heteroatoms. The number of amides is 1. The largest absolute Gasteiger partial charge is 0.466 e. The molecule has 2 atom stereocenters. The first-order chi connectivity index (χ1) is 33.7. The van der Waals surface area contributed by atoms with Crippen LogP contribution < -0.4 is 5.32 Å². The molecule has 0 aliphatic carbocycles. The Kier molecular flexibility index (Phi) is 50.7. The number of carbonyl (C=O) groups excluding carboxylic acids is 3. The zero-order valence-corrected chi connectivity index (χ0v) is 46.1. The molecule has 0 aliphatic heterocycles. The number of esters is 2. The van der Waals surface area contributed by atoms with Crippen molar-refractivity contribution in [1.29, 1.82) is 0 Å². The lowest BCUT2D eigenvalue weighted by Crippen LogP contribution is -2.31. The Morgan fingerprint density at radius 3 is 1.32 bits per heavy atom. The number of nitrogens with zero attached hydrogens (tertiary/aromatic N) is 2. The molecule has 69 heavy (non-hydrogen) atoms. The number of hydrogen-bond acceptors (Lipinski definition) is 8. The number of carbonyl (C=O) groups is 3. The molecule has 0 saturated carbocycles. The molecule has 0 spiro atoms. The highest BCUT2D eigenvalue weighted by Gasteiger charge is 2.17. The minimum atomic E-state index is -0.327. The Morgan fingerprint density at radius 2 is 0.812 bits per heavy atom. The van der Waals surface area contributed by atoms with Crippen molar-refractivity contribution < 1.29 is 28.6 Å². The molecule has 0 aromatic heterocycles. The summed E-state index contributed by atoms with van der Waals surface area (Å²) < 4.78 is 17.6. The number of allylic oxidation sites excluding steroid dienone is 8. The second-order valence-corrected chi connectivity index (χ2v) is 20.2. The molecule has 2 unspecified atom stereocenters. The van der Waals surface area contributed by atoms with Crippen molar-refractivity contribution in [1.82, 2.24) is 15.1 Å². The van der Waals surface area contributed by atoms with Gasteiger partial charge in [0.1, 0.15) is 12.2 Å². The SMILES string of the molecule is CCCCC/C=C\C/C=C\CCCCCCCC(=O)OCCCCCCC(CCCCCC(CCCN(C)C)OC(=O)CCCCCCC/C=C\C/C=C\CCCCC)OC(=O)NCCCN(C)C. The van der Waals surface area contributed by atoms with E-state index in [1.54, 1.807) is 0 Å². The quantitative estimate of drug-likeness (QED) is 0.0279. The molecule has 0 aromatic rings. The number of alkyl carbamates (subject to hydrolysis) is 1. The van der Waals surface area contributed by atoms with Crippen LogP contribution in [0.15, 0.2) is 48.6 Å².